The van der Waals surface area contributed by atoms with Gasteiger partial charge in [-0.05, 0) is 111 Å². The maximum absolute atomic E-state index is 13.6. The smallest absolute Gasteiger partial charge is 0.104 e. The molecule has 7 heteroatoms. The highest BCUT2D eigenvalue weighted by Crippen LogP contribution is 2.55. The Balaban J connectivity index is 1.11. The van der Waals surface area contributed by atoms with Gasteiger partial charge >= 0.3 is 0 Å². The molecule has 6 nitrogen and oxygen atoms in total. The number of benzene rings is 14. The molecule has 0 bridgehead atoms. The highest BCUT2D eigenvalue weighted by Gasteiger charge is 2.36. The van der Waals surface area contributed by atoms with E-state index in [1.54, 1.807) is 11.3 Å². The molecule has 450 valence electrons. The van der Waals surface area contributed by atoms with E-state index in [0.29, 0.717) is 5.56 Å². The molecule has 0 radical (unpaired) electrons. The van der Waals surface area contributed by atoms with E-state index in [1.165, 1.54) is 0 Å². The van der Waals surface area contributed by atoms with Crippen molar-refractivity contribution in [1.82, 2.24) is 23.3 Å². The molecule has 0 aliphatic carbocycles. The molecule has 0 fully saturated rings. The van der Waals surface area contributed by atoms with Gasteiger partial charge in [0.2, 0.25) is 0 Å². The molecule has 0 spiro atoms. The molecular weight excluding hydrogens is 1200 g/mol. The van der Waals surface area contributed by atoms with Gasteiger partial charge in [0, 0.05) is 76.5 Å². The molecule has 0 saturated carbocycles. The van der Waals surface area contributed by atoms with Crippen LogP contribution in [0.2, 0.25) is 0 Å². The van der Waals surface area contributed by atoms with Crippen molar-refractivity contribution in [1.29, 1.82) is 5.26 Å². The first-order valence-corrected chi connectivity index (χ1v) is 33.7. The standard InChI is InChI=1S/C90H54N6S/c91-54-71-87(93-72-41-17-13-33-67(72)83-61(37-21-45-76(83)93)56-25-5-1-6-26-56)89(95-74-43-19-15-35-69(74)85-63(39-23-47-78(85)95)58-29-9-3-10-30-58)82(60-49-50-65-66-51-52-92-55-81(66)97-80(65)53-60)90(96-75-44-20-16-36-70(75)86-64(40-24-48-79(86)96)59-31-11-4-12-32-59)88(71)94-73-42-18-14-34-68(73)84-62(38-22-46-77(84)94)57-27-7-2-8-28-57/h1-53,55H. The number of aromatic nitrogens is 5. The zero-order valence-corrected chi connectivity index (χ0v) is 53.1. The molecule has 14 aromatic carbocycles. The molecule has 6 aromatic heterocycles. The number of hydrogen-bond acceptors (Lipinski definition) is 3. The minimum absolute atomic E-state index is 0.499. The number of rotatable bonds is 9. The Morgan fingerprint density at radius 1 is 0.268 bits per heavy atom. The highest BCUT2D eigenvalue weighted by atomic mass is 32.1. The first-order valence-electron chi connectivity index (χ1n) is 32.9. The largest absolute Gasteiger partial charge is 0.306 e. The summed E-state index contributed by atoms with van der Waals surface area (Å²) in [5, 5.41) is 24.7. The van der Waals surface area contributed by atoms with Crippen LogP contribution in [0.3, 0.4) is 0 Å². The Morgan fingerprint density at radius 3 is 0.948 bits per heavy atom. The fraction of sp³-hybridized carbons (Fsp3) is 0. The summed E-state index contributed by atoms with van der Waals surface area (Å²) in [4.78, 5) is 4.68. The van der Waals surface area contributed by atoms with Crippen molar-refractivity contribution in [3.63, 3.8) is 0 Å². The molecular formula is C90H54N6S. The second kappa shape index (κ2) is 21.6. The van der Waals surface area contributed by atoms with Gasteiger partial charge in [-0.3, -0.25) is 4.98 Å². The molecule has 0 amide bonds. The van der Waals surface area contributed by atoms with Gasteiger partial charge in [-0.1, -0.05) is 255 Å². The van der Waals surface area contributed by atoms with E-state index in [-0.39, 0.29) is 0 Å². The summed E-state index contributed by atoms with van der Waals surface area (Å²) in [7, 11) is 0. The monoisotopic (exact) mass is 1250 g/mol. The molecule has 0 aliphatic heterocycles. The number of thiophene rings is 1. The van der Waals surface area contributed by atoms with E-state index in [2.05, 4.69) is 345 Å². The first kappa shape index (κ1) is 54.7. The third-order valence-electron chi connectivity index (χ3n) is 20.1. The van der Waals surface area contributed by atoms with E-state index in [4.69, 9.17) is 0 Å². The van der Waals surface area contributed by atoms with Crippen LogP contribution in [0.15, 0.2) is 328 Å². The molecule has 0 saturated heterocycles. The Labute approximate surface area is 561 Å². The molecule has 0 N–H and O–H groups in total. The summed E-state index contributed by atoms with van der Waals surface area (Å²) in [6.45, 7) is 0. The quantitative estimate of drug-likeness (QED) is 0.145. The Morgan fingerprint density at radius 2 is 0.588 bits per heavy atom. The summed E-state index contributed by atoms with van der Waals surface area (Å²) in [6, 6.07) is 118. The van der Waals surface area contributed by atoms with Crippen LogP contribution in [0.4, 0.5) is 0 Å². The van der Waals surface area contributed by atoms with Crippen molar-refractivity contribution >= 4 is 119 Å². The normalized spacial score (nSPS) is 11.9. The van der Waals surface area contributed by atoms with Crippen LogP contribution in [-0.2, 0) is 0 Å². The predicted molar refractivity (Wildman–Crippen MR) is 406 cm³/mol. The number of nitrogens with zero attached hydrogens (tertiary/aromatic N) is 6. The topological polar surface area (TPSA) is 56.4 Å². The Hall–Kier alpha value is -12.9. The molecule has 97 heavy (non-hydrogen) atoms. The van der Waals surface area contributed by atoms with Crippen LogP contribution in [0.1, 0.15) is 5.56 Å². The maximum Gasteiger partial charge on any atom is 0.104 e. The zero-order chi connectivity index (χ0) is 63.8. The lowest BCUT2D eigenvalue weighted by Crippen LogP contribution is -2.16. The van der Waals surface area contributed by atoms with Crippen LogP contribution in [-0.4, -0.2) is 23.3 Å². The van der Waals surface area contributed by atoms with Crippen LogP contribution in [0.25, 0.3) is 186 Å². The minimum atomic E-state index is 0.499. The van der Waals surface area contributed by atoms with Gasteiger partial charge in [-0.2, -0.15) is 5.26 Å². The van der Waals surface area contributed by atoms with Crippen molar-refractivity contribution in [2.24, 2.45) is 0 Å². The lowest BCUT2D eigenvalue weighted by molar-refractivity contribution is 1.04. The van der Waals surface area contributed by atoms with E-state index < -0.39 is 0 Å². The number of nitriles is 1. The van der Waals surface area contributed by atoms with Crippen LogP contribution in [0, 0.1) is 11.3 Å². The maximum atomic E-state index is 13.6. The number of pyridine rings is 1. The van der Waals surface area contributed by atoms with Crippen molar-refractivity contribution in [3.05, 3.63) is 333 Å². The van der Waals surface area contributed by atoms with Crippen LogP contribution in [0.5, 0.6) is 0 Å². The van der Waals surface area contributed by atoms with Gasteiger partial charge in [-0.25, -0.2) is 0 Å². The van der Waals surface area contributed by atoms with Crippen molar-refractivity contribution in [2.45, 2.75) is 0 Å². The molecule has 6 heterocycles. The van der Waals surface area contributed by atoms with Gasteiger partial charge in [0.15, 0.2) is 0 Å². The summed E-state index contributed by atoms with van der Waals surface area (Å²) in [5.41, 5.74) is 22.4. The summed E-state index contributed by atoms with van der Waals surface area (Å²) in [6.07, 6.45) is 3.90. The number of para-hydroxylation sites is 4. The minimum Gasteiger partial charge on any atom is -0.306 e. The average molecular weight is 1250 g/mol. The van der Waals surface area contributed by atoms with Gasteiger partial charge < -0.3 is 18.3 Å². The van der Waals surface area contributed by atoms with E-state index >= 15 is 0 Å². The van der Waals surface area contributed by atoms with Crippen molar-refractivity contribution in [3.8, 4) is 84.5 Å². The number of hydrogen-bond donors (Lipinski definition) is 0. The first-order chi connectivity index (χ1) is 48.2. The Bertz CT molecular complexity index is 6340. The molecule has 0 aliphatic rings. The van der Waals surface area contributed by atoms with Crippen LogP contribution < -0.4 is 0 Å². The molecule has 0 unspecified atom stereocenters. The fourth-order valence-corrected chi connectivity index (χ4v) is 17.3. The fourth-order valence-electron chi connectivity index (χ4n) is 16.2. The van der Waals surface area contributed by atoms with Crippen LogP contribution >= 0.6 is 11.3 Å². The lowest BCUT2D eigenvalue weighted by Gasteiger charge is -2.29. The van der Waals surface area contributed by atoms with E-state index in [9.17, 15) is 5.26 Å². The van der Waals surface area contributed by atoms with Gasteiger partial charge in [0.05, 0.1) is 71.6 Å². The summed E-state index contributed by atoms with van der Waals surface area (Å²) >= 11 is 1.77. The third kappa shape index (κ3) is 8.03. The highest BCUT2D eigenvalue weighted by molar-refractivity contribution is 7.25. The molecule has 20 aromatic rings. The van der Waals surface area contributed by atoms with Gasteiger partial charge in [-0.15, -0.1) is 11.3 Å². The van der Waals surface area contributed by atoms with Crippen molar-refractivity contribution < 1.29 is 0 Å². The predicted octanol–water partition coefficient (Wildman–Crippen LogP) is 24.0. The zero-order valence-electron chi connectivity index (χ0n) is 52.3. The third-order valence-corrected chi connectivity index (χ3v) is 21.2. The number of fused-ring (bicyclic) bond motifs is 15. The van der Waals surface area contributed by atoms with Gasteiger partial charge in [0.25, 0.3) is 0 Å². The summed E-state index contributed by atoms with van der Waals surface area (Å²) < 4.78 is 12.2. The molecule has 20 rings (SSSR count). The Kier molecular flexibility index (Phi) is 12.2. The summed E-state index contributed by atoms with van der Waals surface area (Å²) in [5.74, 6) is 0. The second-order valence-corrected chi connectivity index (χ2v) is 26.2. The van der Waals surface area contributed by atoms with E-state index in [0.717, 1.165) is 186 Å². The van der Waals surface area contributed by atoms with Gasteiger partial charge in [0.1, 0.15) is 11.6 Å². The van der Waals surface area contributed by atoms with Crippen molar-refractivity contribution in [2.75, 3.05) is 0 Å². The molecule has 0 atom stereocenters. The average Bonchev–Trinajstić information content (AvgIpc) is 1.58. The van der Waals surface area contributed by atoms with E-state index in [1.807, 2.05) is 12.4 Å². The second-order valence-electron chi connectivity index (χ2n) is 25.1. The lowest BCUT2D eigenvalue weighted by atomic mass is 9.92. The SMILES string of the molecule is N#Cc1c(-n2c3ccccc3c3c(-c4ccccc4)cccc32)c(-n2c3ccccc3c3c(-c4ccccc4)cccc32)c(-c2ccc3c(c2)sc2cnccc23)c(-n2c3ccccc3c3c(-c4ccccc4)cccc32)c1-n1c2ccccc2c2c(-c3ccccc3)cccc21.